The van der Waals surface area contributed by atoms with Gasteiger partial charge in [0.25, 0.3) is 0 Å². The van der Waals surface area contributed by atoms with E-state index in [0.29, 0.717) is 30.8 Å². The monoisotopic (exact) mass is 427 g/mol. The maximum atomic E-state index is 15.0. The van der Waals surface area contributed by atoms with Gasteiger partial charge in [0, 0.05) is 18.5 Å². The smallest absolute Gasteiger partial charge is 0.416 e. The summed E-state index contributed by atoms with van der Waals surface area (Å²) in [6, 6.07) is 13.8. The van der Waals surface area contributed by atoms with E-state index in [-0.39, 0.29) is 12.6 Å². The highest BCUT2D eigenvalue weighted by Crippen LogP contribution is 2.38. The number of ether oxygens (including phenoxy) is 2. The van der Waals surface area contributed by atoms with Gasteiger partial charge in [0.15, 0.2) is 6.23 Å². The van der Waals surface area contributed by atoms with Crippen LogP contribution in [0.2, 0.25) is 0 Å². The quantitative estimate of drug-likeness (QED) is 0.786. The fourth-order valence-corrected chi connectivity index (χ4v) is 4.30. The summed E-state index contributed by atoms with van der Waals surface area (Å²) >= 11 is 0. The number of carbonyl (C=O) groups excluding carboxylic acids is 2. The van der Waals surface area contributed by atoms with Gasteiger partial charge in [-0.25, -0.2) is 14.0 Å². The zero-order valence-electron chi connectivity index (χ0n) is 17.6. The van der Waals surface area contributed by atoms with Crippen LogP contribution in [0.3, 0.4) is 0 Å². The first-order valence-corrected chi connectivity index (χ1v) is 10.3. The predicted octanol–water partition coefficient (Wildman–Crippen LogP) is 3.76. The van der Waals surface area contributed by atoms with Crippen molar-refractivity contribution in [2.75, 3.05) is 18.0 Å². The Labute approximate surface area is 180 Å². The molecule has 2 aromatic carbocycles. The van der Waals surface area contributed by atoms with Crippen LogP contribution in [0.4, 0.5) is 19.7 Å². The number of rotatable bonds is 5. The molecule has 31 heavy (non-hydrogen) atoms. The van der Waals surface area contributed by atoms with Crippen molar-refractivity contribution < 1.29 is 23.5 Å². The zero-order valence-corrected chi connectivity index (χ0v) is 17.6. The van der Waals surface area contributed by atoms with Gasteiger partial charge in [-0.15, -0.1) is 0 Å². The molecule has 2 aromatic rings. The summed E-state index contributed by atoms with van der Waals surface area (Å²) < 4.78 is 25.5. The van der Waals surface area contributed by atoms with Crippen LogP contribution >= 0.6 is 0 Å². The van der Waals surface area contributed by atoms with Gasteiger partial charge >= 0.3 is 12.2 Å². The molecule has 8 heteroatoms. The number of carbonyl (C=O) groups is 2. The number of halogens is 1. The molecule has 7 nitrogen and oxygen atoms in total. The highest BCUT2D eigenvalue weighted by molar-refractivity contribution is 5.90. The SMILES string of the molecule is CCC1C(N)OC(=O)N1c1ccc(C2(C)CN(C(=O)OCc3ccccc3)C2)c(F)c1. The molecule has 0 spiro atoms. The third kappa shape index (κ3) is 3.95. The van der Waals surface area contributed by atoms with Crippen LogP contribution < -0.4 is 10.6 Å². The van der Waals surface area contributed by atoms with Crippen LogP contribution in [-0.4, -0.2) is 42.4 Å². The number of anilines is 1. The molecule has 2 heterocycles. The first kappa shape index (κ1) is 21.1. The number of nitrogens with zero attached hydrogens (tertiary/aromatic N) is 2. The predicted molar refractivity (Wildman–Crippen MR) is 113 cm³/mol. The van der Waals surface area contributed by atoms with Crippen molar-refractivity contribution in [1.82, 2.24) is 4.90 Å². The molecule has 4 rings (SSSR count). The Morgan fingerprint density at radius 3 is 2.61 bits per heavy atom. The lowest BCUT2D eigenvalue weighted by atomic mass is 9.75. The standard InChI is InChI=1S/C23H26FN3O4/c1-3-19-20(25)31-22(29)27(19)16-9-10-17(18(24)11-16)23(2)13-26(14-23)21(28)30-12-15-7-5-4-6-8-15/h4-11,19-20H,3,12-14,25H2,1-2H3. The molecule has 0 radical (unpaired) electrons. The van der Waals surface area contributed by atoms with Gasteiger partial charge in [0.1, 0.15) is 12.4 Å². The molecule has 2 unspecified atom stereocenters. The van der Waals surface area contributed by atoms with Gasteiger partial charge in [-0.05, 0) is 29.7 Å². The molecule has 2 atom stereocenters. The zero-order chi connectivity index (χ0) is 22.2. The summed E-state index contributed by atoms with van der Waals surface area (Å²) in [5.41, 5.74) is 7.14. The third-order valence-corrected chi connectivity index (χ3v) is 5.99. The summed E-state index contributed by atoms with van der Waals surface area (Å²) in [4.78, 5) is 27.4. The second-order valence-corrected chi connectivity index (χ2v) is 8.32. The minimum Gasteiger partial charge on any atom is -0.445 e. The van der Waals surface area contributed by atoms with Crippen molar-refractivity contribution in [1.29, 1.82) is 0 Å². The van der Waals surface area contributed by atoms with Crippen molar-refractivity contribution in [3.63, 3.8) is 0 Å². The third-order valence-electron chi connectivity index (χ3n) is 5.99. The van der Waals surface area contributed by atoms with Gasteiger partial charge in [-0.1, -0.05) is 50.2 Å². The van der Waals surface area contributed by atoms with Crippen molar-refractivity contribution >= 4 is 17.9 Å². The van der Waals surface area contributed by atoms with Crippen molar-refractivity contribution in [2.45, 2.75) is 44.6 Å². The molecule has 2 aliphatic heterocycles. The number of cyclic esters (lactones) is 1. The Bertz CT molecular complexity index is 978. The Hall–Kier alpha value is -3.13. The van der Waals surface area contributed by atoms with Crippen LogP contribution in [-0.2, 0) is 21.5 Å². The second kappa shape index (κ2) is 8.19. The van der Waals surface area contributed by atoms with Crippen molar-refractivity contribution in [2.24, 2.45) is 5.73 Å². The summed E-state index contributed by atoms with van der Waals surface area (Å²) in [6.45, 7) is 4.70. The Balaban J connectivity index is 1.41. The summed E-state index contributed by atoms with van der Waals surface area (Å²) in [5, 5.41) is 0. The van der Waals surface area contributed by atoms with Crippen LogP contribution in [0.5, 0.6) is 0 Å². The van der Waals surface area contributed by atoms with Gasteiger partial charge in [0.05, 0.1) is 11.7 Å². The van der Waals surface area contributed by atoms with Gasteiger partial charge < -0.3 is 14.4 Å². The van der Waals surface area contributed by atoms with Gasteiger partial charge in [0.2, 0.25) is 0 Å². The first-order valence-electron chi connectivity index (χ1n) is 10.3. The van der Waals surface area contributed by atoms with E-state index < -0.39 is 29.6 Å². The normalized spacial score (nSPS) is 22.1. The summed E-state index contributed by atoms with van der Waals surface area (Å²) in [7, 11) is 0. The summed E-state index contributed by atoms with van der Waals surface area (Å²) in [5.74, 6) is -0.430. The number of nitrogens with two attached hydrogens (primary N) is 1. The second-order valence-electron chi connectivity index (χ2n) is 8.32. The summed E-state index contributed by atoms with van der Waals surface area (Å²) in [6.07, 6.45) is -1.14. The fourth-order valence-electron chi connectivity index (χ4n) is 4.30. The van der Waals surface area contributed by atoms with E-state index in [0.717, 1.165) is 5.56 Å². The van der Waals surface area contributed by atoms with Crippen LogP contribution in [0.25, 0.3) is 0 Å². The molecular formula is C23H26FN3O4. The topological polar surface area (TPSA) is 85.1 Å². The number of hydrogen-bond acceptors (Lipinski definition) is 5. The maximum Gasteiger partial charge on any atom is 0.416 e. The van der Waals surface area contributed by atoms with E-state index in [1.165, 1.54) is 11.0 Å². The molecule has 0 aliphatic carbocycles. The minimum atomic E-state index is -0.736. The van der Waals surface area contributed by atoms with Crippen LogP contribution in [0.15, 0.2) is 48.5 Å². The number of benzene rings is 2. The lowest BCUT2D eigenvalue weighted by molar-refractivity contribution is 0.0384. The van der Waals surface area contributed by atoms with E-state index in [1.54, 1.807) is 17.0 Å². The highest BCUT2D eigenvalue weighted by Gasteiger charge is 2.45. The fraction of sp³-hybridized carbons (Fsp3) is 0.391. The molecule has 2 aliphatic rings. The minimum absolute atomic E-state index is 0.197. The molecular weight excluding hydrogens is 401 g/mol. The van der Waals surface area contributed by atoms with Crippen molar-refractivity contribution in [3.8, 4) is 0 Å². The van der Waals surface area contributed by atoms with E-state index >= 15 is 4.39 Å². The lowest BCUT2D eigenvalue weighted by Crippen LogP contribution is -2.60. The molecule has 164 valence electrons. The van der Waals surface area contributed by atoms with Gasteiger partial charge in [-0.3, -0.25) is 10.6 Å². The molecule has 2 saturated heterocycles. The highest BCUT2D eigenvalue weighted by atomic mass is 19.1. The molecule has 2 N–H and O–H groups in total. The lowest BCUT2D eigenvalue weighted by Gasteiger charge is -2.47. The average molecular weight is 427 g/mol. The largest absolute Gasteiger partial charge is 0.445 e. The molecule has 0 bridgehead atoms. The van der Waals surface area contributed by atoms with E-state index in [4.69, 9.17) is 15.2 Å². The molecule has 0 saturated carbocycles. The molecule has 0 aromatic heterocycles. The van der Waals surface area contributed by atoms with Crippen LogP contribution in [0, 0.1) is 5.82 Å². The molecule has 2 amide bonds. The maximum absolute atomic E-state index is 15.0. The first-order chi connectivity index (χ1) is 14.8. The van der Waals surface area contributed by atoms with E-state index in [1.807, 2.05) is 44.2 Å². The Morgan fingerprint density at radius 2 is 1.97 bits per heavy atom. The Morgan fingerprint density at radius 1 is 1.26 bits per heavy atom. The Kier molecular flexibility index (Phi) is 5.58. The van der Waals surface area contributed by atoms with Gasteiger partial charge in [-0.2, -0.15) is 0 Å². The van der Waals surface area contributed by atoms with Crippen LogP contribution in [0.1, 0.15) is 31.4 Å². The number of amides is 2. The number of likely N-dealkylation sites (tertiary alicyclic amines) is 1. The van der Waals surface area contributed by atoms with Crippen molar-refractivity contribution in [3.05, 3.63) is 65.5 Å². The van der Waals surface area contributed by atoms with E-state index in [9.17, 15) is 9.59 Å². The number of hydrogen-bond donors (Lipinski definition) is 1. The molecule has 2 fully saturated rings. The average Bonchev–Trinajstić information content (AvgIpc) is 3.03. The van der Waals surface area contributed by atoms with E-state index in [2.05, 4.69) is 0 Å².